The van der Waals surface area contributed by atoms with E-state index in [1.165, 1.54) is 6.07 Å². The van der Waals surface area contributed by atoms with Crippen molar-refractivity contribution in [2.75, 3.05) is 18.4 Å². The first-order valence-corrected chi connectivity index (χ1v) is 7.12. The molecule has 2 N–H and O–H groups in total. The van der Waals surface area contributed by atoms with Gasteiger partial charge in [-0.05, 0) is 36.2 Å². The van der Waals surface area contributed by atoms with Crippen LogP contribution in [-0.4, -0.2) is 19.0 Å². The van der Waals surface area contributed by atoms with Crippen LogP contribution in [0.25, 0.3) is 0 Å². The van der Waals surface area contributed by atoms with Gasteiger partial charge in [0.15, 0.2) is 0 Å². The molecule has 2 aromatic carbocycles. The summed E-state index contributed by atoms with van der Waals surface area (Å²) >= 11 is 5.79. The van der Waals surface area contributed by atoms with Gasteiger partial charge < -0.3 is 10.6 Å². The normalized spacial score (nSPS) is 10.3. The van der Waals surface area contributed by atoms with Crippen molar-refractivity contribution in [3.8, 4) is 0 Å². The number of benzene rings is 2. The molecule has 0 bridgehead atoms. The summed E-state index contributed by atoms with van der Waals surface area (Å²) in [6.45, 7) is 0.386. The standard InChI is InChI=1S/C16H15ClF2N2O/c17-12-3-1-11(2-4-12)7-8-20-16(22)10-21-15-6-5-13(18)9-14(15)19/h1-6,9,21H,7-8,10H2,(H,20,22). The largest absolute Gasteiger partial charge is 0.374 e. The lowest BCUT2D eigenvalue weighted by Crippen LogP contribution is -2.31. The van der Waals surface area contributed by atoms with Gasteiger partial charge in [-0.15, -0.1) is 0 Å². The molecule has 0 saturated carbocycles. The quantitative estimate of drug-likeness (QED) is 0.855. The zero-order valence-electron chi connectivity index (χ0n) is 11.7. The first-order valence-electron chi connectivity index (χ1n) is 6.74. The van der Waals surface area contributed by atoms with E-state index in [2.05, 4.69) is 10.6 Å². The highest BCUT2D eigenvalue weighted by atomic mass is 35.5. The maximum atomic E-state index is 13.4. The molecule has 2 aromatic rings. The Morgan fingerprint density at radius 1 is 1.09 bits per heavy atom. The fraction of sp³-hybridized carbons (Fsp3) is 0.188. The van der Waals surface area contributed by atoms with Crippen molar-refractivity contribution >= 4 is 23.2 Å². The second-order valence-electron chi connectivity index (χ2n) is 4.70. The highest BCUT2D eigenvalue weighted by molar-refractivity contribution is 6.30. The van der Waals surface area contributed by atoms with Crippen molar-refractivity contribution in [2.24, 2.45) is 0 Å². The molecule has 0 aromatic heterocycles. The molecule has 0 heterocycles. The molecule has 0 fully saturated rings. The number of carbonyl (C=O) groups excluding carboxylic acids is 1. The van der Waals surface area contributed by atoms with Gasteiger partial charge in [0.25, 0.3) is 0 Å². The molecule has 6 heteroatoms. The first-order chi connectivity index (χ1) is 10.5. The van der Waals surface area contributed by atoms with Gasteiger partial charge in [0, 0.05) is 17.6 Å². The van der Waals surface area contributed by atoms with Gasteiger partial charge in [-0.25, -0.2) is 8.78 Å². The fourth-order valence-corrected chi connectivity index (χ4v) is 1.99. The number of carbonyl (C=O) groups is 1. The lowest BCUT2D eigenvalue weighted by Gasteiger charge is -2.08. The third kappa shape index (κ3) is 5.00. The van der Waals surface area contributed by atoms with Crippen molar-refractivity contribution in [3.63, 3.8) is 0 Å². The van der Waals surface area contributed by atoms with Crippen LogP contribution in [0.5, 0.6) is 0 Å². The third-order valence-electron chi connectivity index (χ3n) is 3.02. The van der Waals surface area contributed by atoms with E-state index < -0.39 is 11.6 Å². The SMILES string of the molecule is O=C(CNc1ccc(F)cc1F)NCCc1ccc(Cl)cc1. The van der Waals surface area contributed by atoms with E-state index in [9.17, 15) is 13.6 Å². The molecule has 0 atom stereocenters. The summed E-state index contributed by atoms with van der Waals surface area (Å²) in [5, 5.41) is 6.01. The minimum atomic E-state index is -0.728. The van der Waals surface area contributed by atoms with E-state index in [4.69, 9.17) is 11.6 Å². The molecule has 0 unspecified atom stereocenters. The van der Waals surface area contributed by atoms with Gasteiger partial charge in [-0.1, -0.05) is 23.7 Å². The van der Waals surface area contributed by atoms with Gasteiger partial charge >= 0.3 is 0 Å². The number of nitrogens with one attached hydrogen (secondary N) is 2. The van der Waals surface area contributed by atoms with E-state index in [1.807, 2.05) is 12.1 Å². The van der Waals surface area contributed by atoms with E-state index in [0.29, 0.717) is 18.0 Å². The lowest BCUT2D eigenvalue weighted by atomic mass is 10.1. The molecule has 0 aliphatic rings. The molecular weight excluding hydrogens is 310 g/mol. The summed E-state index contributed by atoms with van der Waals surface area (Å²) in [5.74, 6) is -1.65. The summed E-state index contributed by atoms with van der Waals surface area (Å²) in [6, 6.07) is 10.5. The van der Waals surface area contributed by atoms with Gasteiger partial charge in [0.05, 0.1) is 12.2 Å². The second kappa shape index (κ2) is 7.75. The van der Waals surface area contributed by atoms with Crippen LogP contribution in [0, 0.1) is 11.6 Å². The van der Waals surface area contributed by atoms with Crippen molar-refractivity contribution in [1.29, 1.82) is 0 Å². The van der Waals surface area contributed by atoms with Gasteiger partial charge in [0.1, 0.15) is 11.6 Å². The molecule has 0 spiro atoms. The molecule has 1 amide bonds. The molecule has 3 nitrogen and oxygen atoms in total. The maximum absolute atomic E-state index is 13.4. The first kappa shape index (κ1) is 16.2. The minimum Gasteiger partial charge on any atom is -0.374 e. The van der Waals surface area contributed by atoms with Crippen molar-refractivity contribution < 1.29 is 13.6 Å². The Bertz CT molecular complexity index is 647. The van der Waals surface area contributed by atoms with Gasteiger partial charge in [0.2, 0.25) is 5.91 Å². The van der Waals surface area contributed by atoms with Crippen LogP contribution in [0.3, 0.4) is 0 Å². The number of hydrogen-bond acceptors (Lipinski definition) is 2. The zero-order chi connectivity index (χ0) is 15.9. The van der Waals surface area contributed by atoms with Crippen LogP contribution in [0.1, 0.15) is 5.56 Å². The Hall–Kier alpha value is -2.14. The number of hydrogen-bond donors (Lipinski definition) is 2. The Morgan fingerprint density at radius 2 is 1.82 bits per heavy atom. The van der Waals surface area contributed by atoms with Gasteiger partial charge in [-0.3, -0.25) is 4.79 Å². The monoisotopic (exact) mass is 324 g/mol. The Balaban J connectivity index is 1.72. The van der Waals surface area contributed by atoms with Crippen molar-refractivity contribution in [1.82, 2.24) is 5.32 Å². The van der Waals surface area contributed by atoms with Crippen molar-refractivity contribution in [3.05, 3.63) is 64.7 Å². The van der Waals surface area contributed by atoms with Crippen LogP contribution in [0.15, 0.2) is 42.5 Å². The van der Waals surface area contributed by atoms with Gasteiger partial charge in [-0.2, -0.15) is 0 Å². The van der Waals surface area contributed by atoms with Crippen LogP contribution >= 0.6 is 11.6 Å². The highest BCUT2D eigenvalue weighted by Gasteiger charge is 2.06. The van der Waals surface area contributed by atoms with E-state index in [1.54, 1.807) is 12.1 Å². The van der Waals surface area contributed by atoms with Crippen LogP contribution in [-0.2, 0) is 11.2 Å². The molecule has 0 saturated heterocycles. The van der Waals surface area contributed by atoms with Crippen LogP contribution < -0.4 is 10.6 Å². The summed E-state index contributed by atoms with van der Waals surface area (Å²) in [5.41, 5.74) is 1.15. The van der Waals surface area contributed by atoms with E-state index in [-0.39, 0.29) is 18.1 Å². The molecule has 2 rings (SSSR count). The summed E-state index contributed by atoms with van der Waals surface area (Å²) in [6.07, 6.45) is 0.674. The van der Waals surface area contributed by atoms with Crippen molar-refractivity contribution in [2.45, 2.75) is 6.42 Å². The molecule has 0 aliphatic heterocycles. The summed E-state index contributed by atoms with van der Waals surface area (Å²) < 4.78 is 26.1. The Labute approximate surface area is 132 Å². The van der Waals surface area contributed by atoms with Crippen LogP contribution in [0.4, 0.5) is 14.5 Å². The Kier molecular flexibility index (Phi) is 5.72. The maximum Gasteiger partial charge on any atom is 0.239 e. The Morgan fingerprint density at radius 3 is 2.50 bits per heavy atom. The fourth-order valence-electron chi connectivity index (χ4n) is 1.87. The molecule has 0 radical (unpaired) electrons. The smallest absolute Gasteiger partial charge is 0.239 e. The number of anilines is 1. The zero-order valence-corrected chi connectivity index (χ0v) is 12.5. The predicted octanol–water partition coefficient (Wildman–Crippen LogP) is 3.39. The molecule has 22 heavy (non-hydrogen) atoms. The van der Waals surface area contributed by atoms with E-state index >= 15 is 0 Å². The topological polar surface area (TPSA) is 41.1 Å². The third-order valence-corrected chi connectivity index (χ3v) is 3.27. The number of amides is 1. The minimum absolute atomic E-state index is 0.0802. The summed E-state index contributed by atoms with van der Waals surface area (Å²) in [4.78, 5) is 11.6. The highest BCUT2D eigenvalue weighted by Crippen LogP contribution is 2.14. The number of rotatable bonds is 6. The molecular formula is C16H15ClF2N2O. The lowest BCUT2D eigenvalue weighted by molar-refractivity contribution is -0.119. The predicted molar refractivity (Wildman–Crippen MR) is 83.0 cm³/mol. The average molecular weight is 325 g/mol. The van der Waals surface area contributed by atoms with E-state index in [0.717, 1.165) is 17.7 Å². The van der Waals surface area contributed by atoms with Crippen LogP contribution in [0.2, 0.25) is 5.02 Å². The number of halogens is 3. The molecule has 116 valence electrons. The average Bonchev–Trinajstić information content (AvgIpc) is 2.48. The molecule has 0 aliphatic carbocycles. The second-order valence-corrected chi connectivity index (χ2v) is 5.14. The summed E-state index contributed by atoms with van der Waals surface area (Å²) in [7, 11) is 0.